The molecular formula is C13H17N. The molecule has 0 radical (unpaired) electrons. The van der Waals surface area contributed by atoms with Crippen LogP contribution in [-0.4, -0.2) is 6.04 Å². The van der Waals surface area contributed by atoms with Gasteiger partial charge in [0, 0.05) is 11.7 Å². The monoisotopic (exact) mass is 187 g/mol. The highest BCUT2D eigenvalue weighted by Gasteiger charge is 2.37. The maximum atomic E-state index is 3.71. The second-order valence-corrected chi connectivity index (χ2v) is 4.85. The topological polar surface area (TPSA) is 12.0 Å². The molecule has 1 aliphatic heterocycles. The lowest BCUT2D eigenvalue weighted by atomic mass is 9.86. The lowest BCUT2D eigenvalue weighted by Gasteiger charge is -2.32. The molecule has 0 spiro atoms. The predicted molar refractivity (Wildman–Crippen MR) is 59.4 cm³/mol. The molecule has 1 aromatic rings. The van der Waals surface area contributed by atoms with Gasteiger partial charge in [-0.15, -0.1) is 0 Å². The number of para-hydroxylation sites is 1. The number of fused-ring (bicyclic) bond motifs is 1. The van der Waals surface area contributed by atoms with E-state index in [1.807, 2.05) is 0 Å². The number of benzene rings is 1. The van der Waals surface area contributed by atoms with Gasteiger partial charge in [-0.05, 0) is 42.7 Å². The zero-order valence-corrected chi connectivity index (χ0v) is 8.66. The molecule has 1 nitrogen and oxygen atoms in total. The van der Waals surface area contributed by atoms with Crippen LogP contribution in [0, 0.1) is 11.8 Å². The van der Waals surface area contributed by atoms with Crippen molar-refractivity contribution in [3.63, 3.8) is 0 Å². The molecule has 74 valence electrons. The third-order valence-electron chi connectivity index (χ3n) is 3.62. The average molecular weight is 187 g/mol. The normalized spacial score (nSPS) is 30.6. The van der Waals surface area contributed by atoms with Crippen LogP contribution in [0.2, 0.25) is 0 Å². The van der Waals surface area contributed by atoms with Gasteiger partial charge in [0.15, 0.2) is 0 Å². The van der Waals surface area contributed by atoms with Crippen LogP contribution in [0.1, 0.15) is 25.3 Å². The smallest absolute Gasteiger partial charge is 0.0375 e. The highest BCUT2D eigenvalue weighted by atomic mass is 15.0. The van der Waals surface area contributed by atoms with Crippen LogP contribution >= 0.6 is 0 Å². The van der Waals surface area contributed by atoms with Gasteiger partial charge in [0.25, 0.3) is 0 Å². The second-order valence-electron chi connectivity index (χ2n) is 4.85. The van der Waals surface area contributed by atoms with Crippen LogP contribution in [-0.2, 0) is 6.42 Å². The lowest BCUT2D eigenvalue weighted by molar-refractivity contribution is 0.426. The summed E-state index contributed by atoms with van der Waals surface area (Å²) in [6.45, 7) is 2.38. The predicted octanol–water partition coefficient (Wildman–Crippen LogP) is 3.07. The largest absolute Gasteiger partial charge is 0.382 e. The molecule has 1 saturated carbocycles. The van der Waals surface area contributed by atoms with Crippen molar-refractivity contribution in [2.75, 3.05) is 5.32 Å². The molecule has 1 aromatic carbocycles. The molecule has 1 N–H and O–H groups in total. The number of rotatable bonds is 1. The van der Waals surface area contributed by atoms with Crippen LogP contribution in [0.3, 0.4) is 0 Å². The molecule has 2 aliphatic rings. The molecule has 1 heteroatoms. The first kappa shape index (κ1) is 8.34. The summed E-state index contributed by atoms with van der Waals surface area (Å²) in [5, 5.41) is 3.71. The SMILES string of the molecule is C[C@H]1Cc2ccccc2N[C@H]1C1CC1. The molecule has 14 heavy (non-hydrogen) atoms. The van der Waals surface area contributed by atoms with Crippen LogP contribution in [0.25, 0.3) is 0 Å². The van der Waals surface area contributed by atoms with E-state index in [4.69, 9.17) is 0 Å². The molecule has 1 aliphatic carbocycles. The fraction of sp³-hybridized carbons (Fsp3) is 0.538. The Morgan fingerprint density at radius 2 is 2.00 bits per heavy atom. The molecule has 2 atom stereocenters. The van der Waals surface area contributed by atoms with Gasteiger partial charge in [0.2, 0.25) is 0 Å². The van der Waals surface area contributed by atoms with Crippen LogP contribution < -0.4 is 5.32 Å². The lowest BCUT2D eigenvalue weighted by Crippen LogP contribution is -2.34. The van der Waals surface area contributed by atoms with Crippen molar-refractivity contribution in [1.29, 1.82) is 0 Å². The fourth-order valence-electron chi connectivity index (χ4n) is 2.67. The van der Waals surface area contributed by atoms with E-state index >= 15 is 0 Å². The number of anilines is 1. The van der Waals surface area contributed by atoms with Gasteiger partial charge in [-0.1, -0.05) is 25.1 Å². The summed E-state index contributed by atoms with van der Waals surface area (Å²) in [6, 6.07) is 9.49. The Morgan fingerprint density at radius 3 is 2.79 bits per heavy atom. The second kappa shape index (κ2) is 3.01. The van der Waals surface area contributed by atoms with Crippen molar-refractivity contribution in [3.8, 4) is 0 Å². The van der Waals surface area contributed by atoms with Gasteiger partial charge < -0.3 is 5.32 Å². The van der Waals surface area contributed by atoms with E-state index in [2.05, 4.69) is 36.5 Å². The maximum Gasteiger partial charge on any atom is 0.0375 e. The van der Waals surface area contributed by atoms with E-state index in [1.165, 1.54) is 30.5 Å². The van der Waals surface area contributed by atoms with Gasteiger partial charge in [-0.2, -0.15) is 0 Å². The number of hydrogen-bond donors (Lipinski definition) is 1. The average Bonchev–Trinajstić information content (AvgIpc) is 3.00. The summed E-state index contributed by atoms with van der Waals surface area (Å²) in [5.41, 5.74) is 2.87. The number of nitrogens with one attached hydrogen (secondary N) is 1. The van der Waals surface area contributed by atoms with E-state index in [0.29, 0.717) is 0 Å². The van der Waals surface area contributed by atoms with E-state index < -0.39 is 0 Å². The third kappa shape index (κ3) is 1.31. The van der Waals surface area contributed by atoms with Gasteiger partial charge in [-0.3, -0.25) is 0 Å². The van der Waals surface area contributed by atoms with Gasteiger partial charge in [0.1, 0.15) is 0 Å². The summed E-state index contributed by atoms with van der Waals surface area (Å²) in [6.07, 6.45) is 4.12. The molecule has 3 rings (SSSR count). The minimum Gasteiger partial charge on any atom is -0.382 e. The van der Waals surface area contributed by atoms with Gasteiger partial charge in [0.05, 0.1) is 0 Å². The standard InChI is InChI=1S/C13H17N/c1-9-8-11-4-2-3-5-12(11)14-13(9)10-6-7-10/h2-5,9-10,13-14H,6-8H2,1H3/t9-,13+/m0/s1. The maximum absolute atomic E-state index is 3.71. The molecule has 1 heterocycles. The molecule has 1 fully saturated rings. The Bertz CT molecular complexity index is 341. The van der Waals surface area contributed by atoms with Crippen molar-refractivity contribution in [3.05, 3.63) is 29.8 Å². The molecule has 0 aromatic heterocycles. The Morgan fingerprint density at radius 1 is 1.21 bits per heavy atom. The summed E-state index contributed by atoms with van der Waals surface area (Å²) in [5.74, 6) is 1.76. The van der Waals surface area contributed by atoms with E-state index in [1.54, 1.807) is 0 Å². The Hall–Kier alpha value is -0.980. The van der Waals surface area contributed by atoms with Crippen molar-refractivity contribution < 1.29 is 0 Å². The summed E-state index contributed by atoms with van der Waals surface area (Å²) < 4.78 is 0. The Labute approximate surface area is 85.5 Å². The number of hydrogen-bond acceptors (Lipinski definition) is 1. The molecule has 0 bridgehead atoms. The molecule has 0 amide bonds. The highest BCUT2D eigenvalue weighted by Crippen LogP contribution is 2.41. The zero-order valence-electron chi connectivity index (χ0n) is 8.66. The summed E-state index contributed by atoms with van der Waals surface area (Å²) in [7, 11) is 0. The summed E-state index contributed by atoms with van der Waals surface area (Å²) >= 11 is 0. The first-order valence-corrected chi connectivity index (χ1v) is 5.69. The van der Waals surface area contributed by atoms with Gasteiger partial charge in [-0.25, -0.2) is 0 Å². The minimum absolute atomic E-state index is 0.741. The quantitative estimate of drug-likeness (QED) is 0.712. The first-order chi connectivity index (χ1) is 6.84. The van der Waals surface area contributed by atoms with Crippen molar-refractivity contribution in [2.45, 2.75) is 32.2 Å². The molecular weight excluding hydrogens is 170 g/mol. The van der Waals surface area contributed by atoms with Crippen LogP contribution in [0.15, 0.2) is 24.3 Å². The van der Waals surface area contributed by atoms with Crippen molar-refractivity contribution in [1.82, 2.24) is 0 Å². The Balaban J connectivity index is 1.90. The fourth-order valence-corrected chi connectivity index (χ4v) is 2.67. The zero-order chi connectivity index (χ0) is 9.54. The van der Waals surface area contributed by atoms with E-state index in [-0.39, 0.29) is 0 Å². The van der Waals surface area contributed by atoms with Crippen LogP contribution in [0.5, 0.6) is 0 Å². The van der Waals surface area contributed by atoms with Crippen molar-refractivity contribution >= 4 is 5.69 Å². The van der Waals surface area contributed by atoms with E-state index in [0.717, 1.165) is 17.9 Å². The summed E-state index contributed by atoms with van der Waals surface area (Å²) in [4.78, 5) is 0. The van der Waals surface area contributed by atoms with Crippen LogP contribution in [0.4, 0.5) is 5.69 Å². The first-order valence-electron chi connectivity index (χ1n) is 5.69. The highest BCUT2D eigenvalue weighted by molar-refractivity contribution is 5.54. The molecule has 0 saturated heterocycles. The van der Waals surface area contributed by atoms with Gasteiger partial charge >= 0.3 is 0 Å². The third-order valence-corrected chi connectivity index (χ3v) is 3.62. The Kier molecular flexibility index (Phi) is 1.79. The van der Waals surface area contributed by atoms with E-state index in [9.17, 15) is 0 Å². The minimum atomic E-state index is 0.741. The molecule has 0 unspecified atom stereocenters. The van der Waals surface area contributed by atoms with Crippen molar-refractivity contribution in [2.24, 2.45) is 11.8 Å².